The van der Waals surface area contributed by atoms with E-state index >= 15 is 0 Å². The van der Waals surface area contributed by atoms with Gasteiger partial charge in [-0.2, -0.15) is 10.2 Å². The maximum absolute atomic E-state index is 4.09. The van der Waals surface area contributed by atoms with Gasteiger partial charge in [-0.3, -0.25) is 0 Å². The van der Waals surface area contributed by atoms with Crippen LogP contribution in [0.5, 0.6) is 0 Å². The quantitative estimate of drug-likeness (QED) is 0.869. The van der Waals surface area contributed by atoms with Crippen LogP contribution in [0.15, 0.2) is 18.3 Å². The zero-order chi connectivity index (χ0) is 12.1. The average molecular weight is 233 g/mol. The number of hydrogen-bond donors (Lipinski definition) is 1. The topological polar surface area (TPSA) is 37.8 Å². The van der Waals surface area contributed by atoms with Crippen molar-refractivity contribution in [3.05, 3.63) is 24.0 Å². The van der Waals surface area contributed by atoms with E-state index in [2.05, 4.69) is 29.4 Å². The van der Waals surface area contributed by atoms with Crippen molar-refractivity contribution in [1.82, 2.24) is 15.5 Å². The molecule has 1 saturated carbocycles. The van der Waals surface area contributed by atoms with E-state index in [0.717, 1.165) is 24.1 Å². The van der Waals surface area contributed by atoms with Crippen molar-refractivity contribution in [2.75, 3.05) is 0 Å². The Morgan fingerprint density at radius 3 is 2.65 bits per heavy atom. The van der Waals surface area contributed by atoms with E-state index in [1.54, 1.807) is 6.20 Å². The average Bonchev–Trinajstić information content (AvgIpc) is 2.38. The van der Waals surface area contributed by atoms with Crippen molar-refractivity contribution >= 4 is 0 Å². The van der Waals surface area contributed by atoms with Crippen molar-refractivity contribution in [2.45, 2.75) is 52.1 Å². The molecule has 17 heavy (non-hydrogen) atoms. The van der Waals surface area contributed by atoms with Crippen molar-refractivity contribution in [3.63, 3.8) is 0 Å². The smallest absolute Gasteiger partial charge is 0.0769 e. The van der Waals surface area contributed by atoms with Gasteiger partial charge < -0.3 is 5.32 Å². The third-order valence-electron chi connectivity index (χ3n) is 3.91. The first-order valence-electron chi connectivity index (χ1n) is 6.75. The Bertz CT molecular complexity index is 315. The van der Waals surface area contributed by atoms with Crippen LogP contribution in [-0.2, 0) is 6.54 Å². The fourth-order valence-corrected chi connectivity index (χ4v) is 2.67. The van der Waals surface area contributed by atoms with Gasteiger partial charge in [0, 0.05) is 18.8 Å². The molecule has 0 amide bonds. The van der Waals surface area contributed by atoms with Crippen LogP contribution in [0.1, 0.15) is 45.2 Å². The molecule has 0 spiro atoms. The second-order valence-corrected chi connectivity index (χ2v) is 5.45. The summed E-state index contributed by atoms with van der Waals surface area (Å²) in [5, 5.41) is 11.6. The summed E-state index contributed by atoms with van der Waals surface area (Å²) in [6.07, 6.45) is 7.08. The number of nitrogens with zero attached hydrogens (tertiary/aromatic N) is 2. The predicted molar refractivity (Wildman–Crippen MR) is 69.5 cm³/mol. The summed E-state index contributed by atoms with van der Waals surface area (Å²) in [4.78, 5) is 0. The Kier molecular flexibility index (Phi) is 4.49. The number of nitrogens with one attached hydrogen (secondary N) is 1. The number of aromatic nitrogens is 2. The molecule has 2 rings (SSSR count). The van der Waals surface area contributed by atoms with E-state index in [9.17, 15) is 0 Å². The highest BCUT2D eigenvalue weighted by Gasteiger charge is 2.22. The second kappa shape index (κ2) is 6.10. The molecule has 1 heterocycles. The highest BCUT2D eigenvalue weighted by Crippen LogP contribution is 2.29. The van der Waals surface area contributed by atoms with Crippen LogP contribution in [0.25, 0.3) is 0 Å². The van der Waals surface area contributed by atoms with Gasteiger partial charge in [0.05, 0.1) is 5.69 Å². The summed E-state index contributed by atoms with van der Waals surface area (Å²) in [7, 11) is 0. The molecular weight excluding hydrogens is 210 g/mol. The molecule has 1 N–H and O–H groups in total. The van der Waals surface area contributed by atoms with E-state index < -0.39 is 0 Å². The van der Waals surface area contributed by atoms with Gasteiger partial charge in [0.2, 0.25) is 0 Å². The fraction of sp³-hybridized carbons (Fsp3) is 0.714. The lowest BCUT2D eigenvalue weighted by atomic mass is 9.80. The Balaban J connectivity index is 1.72. The van der Waals surface area contributed by atoms with Crippen LogP contribution in [-0.4, -0.2) is 16.2 Å². The largest absolute Gasteiger partial charge is 0.308 e. The monoisotopic (exact) mass is 233 g/mol. The van der Waals surface area contributed by atoms with Crippen molar-refractivity contribution in [3.8, 4) is 0 Å². The SMILES string of the molecule is CC(C)C1CCC(NCc2cccnn2)CC1. The first-order valence-corrected chi connectivity index (χ1v) is 6.75. The van der Waals surface area contributed by atoms with Crippen molar-refractivity contribution < 1.29 is 0 Å². The minimum Gasteiger partial charge on any atom is -0.308 e. The van der Waals surface area contributed by atoms with Crippen molar-refractivity contribution in [2.24, 2.45) is 11.8 Å². The maximum atomic E-state index is 4.09. The van der Waals surface area contributed by atoms with Gasteiger partial charge in [-0.05, 0) is 49.7 Å². The van der Waals surface area contributed by atoms with E-state index in [4.69, 9.17) is 0 Å². The molecule has 0 aliphatic heterocycles. The maximum Gasteiger partial charge on any atom is 0.0769 e. The molecule has 1 aromatic rings. The van der Waals surface area contributed by atoms with Crippen LogP contribution in [0.4, 0.5) is 0 Å². The fourth-order valence-electron chi connectivity index (χ4n) is 2.67. The molecule has 0 unspecified atom stereocenters. The molecular formula is C14H23N3. The summed E-state index contributed by atoms with van der Waals surface area (Å²) in [6, 6.07) is 4.64. The molecule has 1 aliphatic rings. The van der Waals surface area contributed by atoms with Gasteiger partial charge in [0.15, 0.2) is 0 Å². The zero-order valence-corrected chi connectivity index (χ0v) is 10.9. The molecule has 94 valence electrons. The van der Waals surface area contributed by atoms with E-state index in [0.29, 0.717) is 6.04 Å². The standard InChI is InChI=1S/C14H23N3/c1-11(2)12-5-7-13(8-6-12)15-10-14-4-3-9-16-17-14/h3-4,9,11-13,15H,5-8,10H2,1-2H3. The lowest BCUT2D eigenvalue weighted by molar-refractivity contribution is 0.237. The lowest BCUT2D eigenvalue weighted by Crippen LogP contribution is -2.34. The molecule has 0 saturated heterocycles. The Morgan fingerprint density at radius 2 is 2.06 bits per heavy atom. The minimum atomic E-state index is 0.673. The molecule has 3 heteroatoms. The first kappa shape index (κ1) is 12.5. The predicted octanol–water partition coefficient (Wildman–Crippen LogP) is 2.78. The van der Waals surface area contributed by atoms with Crippen LogP contribution >= 0.6 is 0 Å². The molecule has 0 bridgehead atoms. The van der Waals surface area contributed by atoms with Gasteiger partial charge in [-0.25, -0.2) is 0 Å². The highest BCUT2D eigenvalue weighted by atomic mass is 15.1. The van der Waals surface area contributed by atoms with Gasteiger partial charge in [0.1, 0.15) is 0 Å². The van der Waals surface area contributed by atoms with Gasteiger partial charge in [-0.15, -0.1) is 0 Å². The van der Waals surface area contributed by atoms with Crippen LogP contribution in [0.3, 0.4) is 0 Å². The summed E-state index contributed by atoms with van der Waals surface area (Å²) in [5.74, 6) is 1.78. The third-order valence-corrected chi connectivity index (χ3v) is 3.91. The van der Waals surface area contributed by atoms with E-state index in [-0.39, 0.29) is 0 Å². The van der Waals surface area contributed by atoms with Crippen LogP contribution < -0.4 is 5.32 Å². The summed E-state index contributed by atoms with van der Waals surface area (Å²) >= 11 is 0. The summed E-state index contributed by atoms with van der Waals surface area (Å²) in [6.45, 7) is 5.54. The van der Waals surface area contributed by atoms with Gasteiger partial charge in [0.25, 0.3) is 0 Å². The Labute approximate surface area is 104 Å². The molecule has 1 aromatic heterocycles. The number of hydrogen-bond acceptors (Lipinski definition) is 3. The molecule has 3 nitrogen and oxygen atoms in total. The van der Waals surface area contributed by atoms with Gasteiger partial charge >= 0.3 is 0 Å². The molecule has 0 atom stereocenters. The normalized spacial score (nSPS) is 25.1. The summed E-state index contributed by atoms with van der Waals surface area (Å²) < 4.78 is 0. The first-order chi connectivity index (χ1) is 8.25. The lowest BCUT2D eigenvalue weighted by Gasteiger charge is -2.31. The zero-order valence-electron chi connectivity index (χ0n) is 10.9. The molecule has 1 fully saturated rings. The summed E-state index contributed by atoms with van der Waals surface area (Å²) in [5.41, 5.74) is 1.04. The van der Waals surface area contributed by atoms with Crippen LogP contribution in [0, 0.1) is 11.8 Å². The van der Waals surface area contributed by atoms with E-state index in [1.807, 2.05) is 12.1 Å². The van der Waals surface area contributed by atoms with Crippen molar-refractivity contribution in [1.29, 1.82) is 0 Å². The van der Waals surface area contributed by atoms with Crippen LogP contribution in [0.2, 0.25) is 0 Å². The number of rotatable bonds is 4. The highest BCUT2D eigenvalue weighted by molar-refractivity contribution is 4.98. The Morgan fingerprint density at radius 1 is 1.29 bits per heavy atom. The molecule has 0 aromatic carbocycles. The molecule has 1 aliphatic carbocycles. The van der Waals surface area contributed by atoms with Gasteiger partial charge in [-0.1, -0.05) is 13.8 Å². The van der Waals surface area contributed by atoms with E-state index in [1.165, 1.54) is 25.7 Å². The Hall–Kier alpha value is -0.960. The third kappa shape index (κ3) is 3.77. The molecule has 0 radical (unpaired) electrons. The second-order valence-electron chi connectivity index (χ2n) is 5.45. The minimum absolute atomic E-state index is 0.673.